The van der Waals surface area contributed by atoms with E-state index in [-0.39, 0.29) is 0 Å². The van der Waals surface area contributed by atoms with E-state index in [2.05, 4.69) is 26.9 Å². The van der Waals surface area contributed by atoms with E-state index < -0.39 is 0 Å². The molecule has 0 unspecified atom stereocenters. The van der Waals surface area contributed by atoms with Crippen LogP contribution < -0.4 is 0 Å². The van der Waals surface area contributed by atoms with E-state index in [1.165, 1.54) is 70.4 Å². The molecule has 0 spiro atoms. The van der Waals surface area contributed by atoms with E-state index in [0.717, 1.165) is 12.6 Å². The van der Waals surface area contributed by atoms with Gasteiger partial charge in [-0.2, -0.15) is 0 Å². The molecule has 2 aliphatic heterocycles. The lowest BCUT2D eigenvalue weighted by atomic mass is 10.0. The highest BCUT2D eigenvalue weighted by atomic mass is 15.2. The van der Waals surface area contributed by atoms with Crippen molar-refractivity contribution in [2.45, 2.75) is 51.1 Å². The van der Waals surface area contributed by atoms with Crippen LogP contribution in [0.15, 0.2) is 24.4 Å². The molecule has 2 fully saturated rings. The maximum absolute atomic E-state index is 4.44. The maximum Gasteiger partial charge on any atom is 0.0543 e. The lowest BCUT2D eigenvalue weighted by Crippen LogP contribution is -2.45. The van der Waals surface area contributed by atoms with E-state index in [1.807, 2.05) is 12.3 Å². The minimum atomic E-state index is 0.841. The van der Waals surface area contributed by atoms with Gasteiger partial charge in [0, 0.05) is 31.9 Å². The Morgan fingerprint density at radius 1 is 0.950 bits per heavy atom. The normalized spacial score (nSPS) is 23.6. The molecule has 0 aromatic carbocycles. The van der Waals surface area contributed by atoms with Gasteiger partial charge in [-0.15, -0.1) is 0 Å². The van der Waals surface area contributed by atoms with Crippen LogP contribution in [-0.2, 0) is 6.54 Å². The van der Waals surface area contributed by atoms with Gasteiger partial charge in [-0.1, -0.05) is 18.9 Å². The molecule has 1 aromatic heterocycles. The molecule has 3 rings (SSSR count). The predicted octanol–water partition coefficient (Wildman–Crippen LogP) is 2.92. The third kappa shape index (κ3) is 3.80. The van der Waals surface area contributed by atoms with Gasteiger partial charge in [0.15, 0.2) is 0 Å². The van der Waals surface area contributed by atoms with Crippen molar-refractivity contribution in [1.82, 2.24) is 14.8 Å². The zero-order valence-corrected chi connectivity index (χ0v) is 12.5. The van der Waals surface area contributed by atoms with Crippen molar-refractivity contribution in [3.05, 3.63) is 30.1 Å². The van der Waals surface area contributed by atoms with Crippen LogP contribution in [0.1, 0.15) is 44.2 Å². The van der Waals surface area contributed by atoms with Gasteiger partial charge in [0.1, 0.15) is 0 Å². The zero-order chi connectivity index (χ0) is 13.6. The van der Waals surface area contributed by atoms with Crippen molar-refractivity contribution in [2.24, 2.45) is 0 Å². The van der Waals surface area contributed by atoms with Crippen LogP contribution in [0.4, 0.5) is 0 Å². The summed E-state index contributed by atoms with van der Waals surface area (Å²) in [7, 11) is 0. The summed E-state index contributed by atoms with van der Waals surface area (Å²) in [5.41, 5.74) is 1.21. The smallest absolute Gasteiger partial charge is 0.0543 e. The minimum Gasteiger partial charge on any atom is -0.300 e. The van der Waals surface area contributed by atoms with E-state index in [0.29, 0.717) is 0 Å². The van der Waals surface area contributed by atoms with Crippen LogP contribution in [0.3, 0.4) is 0 Å². The second-order valence-corrected chi connectivity index (χ2v) is 6.28. The summed E-state index contributed by atoms with van der Waals surface area (Å²) in [5.74, 6) is 0. The van der Waals surface area contributed by atoms with Crippen LogP contribution in [0.25, 0.3) is 0 Å². The molecule has 0 aliphatic carbocycles. The van der Waals surface area contributed by atoms with E-state index in [4.69, 9.17) is 0 Å². The molecule has 20 heavy (non-hydrogen) atoms. The predicted molar refractivity (Wildman–Crippen MR) is 82.6 cm³/mol. The molecule has 2 aliphatic rings. The van der Waals surface area contributed by atoms with Crippen LogP contribution >= 0.6 is 0 Å². The quantitative estimate of drug-likeness (QED) is 0.844. The molecule has 3 heteroatoms. The average molecular weight is 273 g/mol. The van der Waals surface area contributed by atoms with Gasteiger partial charge in [0.25, 0.3) is 0 Å². The maximum atomic E-state index is 4.44. The molecule has 2 saturated heterocycles. The van der Waals surface area contributed by atoms with Gasteiger partial charge in [-0.3, -0.25) is 9.88 Å². The largest absolute Gasteiger partial charge is 0.300 e. The van der Waals surface area contributed by atoms with Crippen molar-refractivity contribution < 1.29 is 0 Å². The fraction of sp³-hybridized carbons (Fsp3) is 0.706. The van der Waals surface area contributed by atoms with Gasteiger partial charge in [0.05, 0.1) is 5.69 Å². The zero-order valence-electron chi connectivity index (χ0n) is 12.5. The van der Waals surface area contributed by atoms with Gasteiger partial charge in [-0.05, 0) is 50.9 Å². The topological polar surface area (TPSA) is 19.4 Å². The molecule has 3 nitrogen and oxygen atoms in total. The Morgan fingerprint density at radius 2 is 1.70 bits per heavy atom. The standard InChI is InChI=1S/C17H27N3/c1-2-6-12-20(11-5-1)17-8-13-19(14-9-17)15-16-7-3-4-10-18-16/h3-4,7,10,17H,1-2,5-6,8-9,11-15H2. The Bertz CT molecular complexity index is 376. The number of aromatic nitrogens is 1. The lowest BCUT2D eigenvalue weighted by Gasteiger charge is -2.38. The van der Waals surface area contributed by atoms with Crippen molar-refractivity contribution in [1.29, 1.82) is 0 Å². The Labute approximate surface area is 123 Å². The highest BCUT2D eigenvalue weighted by Gasteiger charge is 2.24. The Balaban J connectivity index is 1.46. The van der Waals surface area contributed by atoms with Gasteiger partial charge >= 0.3 is 0 Å². The fourth-order valence-corrected chi connectivity index (χ4v) is 3.62. The SMILES string of the molecule is c1ccc(CN2CCC(N3CCCCCC3)CC2)nc1. The fourth-order valence-electron chi connectivity index (χ4n) is 3.62. The van der Waals surface area contributed by atoms with E-state index in [1.54, 1.807) is 0 Å². The Kier molecular flexibility index (Phi) is 5.04. The summed E-state index contributed by atoms with van der Waals surface area (Å²) in [5, 5.41) is 0. The van der Waals surface area contributed by atoms with Crippen LogP contribution in [0.2, 0.25) is 0 Å². The molecule has 1 aromatic rings. The molecule has 0 bridgehead atoms. The number of likely N-dealkylation sites (tertiary alicyclic amines) is 2. The van der Waals surface area contributed by atoms with Crippen LogP contribution in [-0.4, -0.2) is 47.0 Å². The first kappa shape index (κ1) is 14.0. The number of rotatable bonds is 3. The third-order valence-electron chi connectivity index (χ3n) is 4.83. The molecular formula is C17H27N3. The summed E-state index contributed by atoms with van der Waals surface area (Å²) >= 11 is 0. The van der Waals surface area contributed by atoms with Crippen LogP contribution in [0.5, 0.6) is 0 Å². The first-order valence-electron chi connectivity index (χ1n) is 8.28. The molecule has 0 radical (unpaired) electrons. The highest BCUT2D eigenvalue weighted by molar-refractivity contribution is 5.03. The van der Waals surface area contributed by atoms with Crippen LogP contribution in [0, 0.1) is 0 Å². The molecule has 0 saturated carbocycles. The number of hydrogen-bond acceptors (Lipinski definition) is 3. The van der Waals surface area contributed by atoms with Crippen molar-refractivity contribution in [3.8, 4) is 0 Å². The molecular weight excluding hydrogens is 246 g/mol. The van der Waals surface area contributed by atoms with Gasteiger partial charge in [0.2, 0.25) is 0 Å². The van der Waals surface area contributed by atoms with Crippen molar-refractivity contribution >= 4 is 0 Å². The molecule has 0 N–H and O–H groups in total. The average Bonchev–Trinajstić information content (AvgIpc) is 2.78. The highest BCUT2D eigenvalue weighted by Crippen LogP contribution is 2.21. The van der Waals surface area contributed by atoms with Gasteiger partial charge < -0.3 is 4.90 Å². The number of hydrogen-bond donors (Lipinski definition) is 0. The summed E-state index contributed by atoms with van der Waals surface area (Å²) < 4.78 is 0. The summed E-state index contributed by atoms with van der Waals surface area (Å²) in [6.07, 6.45) is 10.3. The van der Waals surface area contributed by atoms with E-state index in [9.17, 15) is 0 Å². The van der Waals surface area contributed by atoms with E-state index >= 15 is 0 Å². The second-order valence-electron chi connectivity index (χ2n) is 6.28. The monoisotopic (exact) mass is 273 g/mol. The number of pyridine rings is 1. The first-order valence-corrected chi connectivity index (χ1v) is 8.28. The third-order valence-corrected chi connectivity index (χ3v) is 4.83. The summed E-state index contributed by atoms with van der Waals surface area (Å²) in [6.45, 7) is 6.17. The summed E-state index contributed by atoms with van der Waals surface area (Å²) in [4.78, 5) is 9.78. The Morgan fingerprint density at radius 3 is 2.35 bits per heavy atom. The second kappa shape index (κ2) is 7.19. The number of nitrogens with zero attached hydrogens (tertiary/aromatic N) is 3. The lowest BCUT2D eigenvalue weighted by molar-refractivity contribution is 0.106. The van der Waals surface area contributed by atoms with Gasteiger partial charge in [-0.25, -0.2) is 0 Å². The van der Waals surface area contributed by atoms with Crippen molar-refractivity contribution in [2.75, 3.05) is 26.2 Å². The molecule has 0 atom stereocenters. The molecule has 0 amide bonds. The first-order chi connectivity index (χ1) is 9.92. The number of piperidine rings is 1. The Hall–Kier alpha value is -0.930. The molecule has 3 heterocycles. The summed E-state index contributed by atoms with van der Waals surface area (Å²) in [6, 6.07) is 7.07. The molecule has 110 valence electrons. The minimum absolute atomic E-state index is 0.841. The van der Waals surface area contributed by atoms with Crippen molar-refractivity contribution in [3.63, 3.8) is 0 Å².